The van der Waals surface area contributed by atoms with Crippen LogP contribution in [0.3, 0.4) is 0 Å². The maximum absolute atomic E-state index is 11.9. The van der Waals surface area contributed by atoms with E-state index >= 15 is 0 Å². The van der Waals surface area contributed by atoms with Gasteiger partial charge in [0.2, 0.25) is 5.91 Å². The van der Waals surface area contributed by atoms with Gasteiger partial charge in [0.25, 0.3) is 0 Å². The summed E-state index contributed by atoms with van der Waals surface area (Å²) in [7, 11) is 0. The van der Waals surface area contributed by atoms with E-state index in [1.54, 1.807) is 4.90 Å². The molecule has 1 fully saturated rings. The monoisotopic (exact) mass is 268 g/mol. The van der Waals surface area contributed by atoms with Crippen molar-refractivity contribution < 1.29 is 27.5 Å². The lowest BCUT2D eigenvalue weighted by molar-refractivity contribution is -0.162. The van der Waals surface area contributed by atoms with Gasteiger partial charge in [0.05, 0.1) is 0 Å². The third kappa shape index (κ3) is 4.80. The summed E-state index contributed by atoms with van der Waals surface area (Å²) < 4.78 is 39.8. The van der Waals surface area contributed by atoms with Gasteiger partial charge in [-0.3, -0.25) is 4.79 Å². The predicted octanol–water partition coefficient (Wildman–Crippen LogP) is 1.24. The molecule has 1 saturated heterocycles. The van der Waals surface area contributed by atoms with Gasteiger partial charge in [-0.15, -0.1) is 0 Å². The lowest BCUT2D eigenvalue weighted by Gasteiger charge is -2.21. The third-order valence-electron chi connectivity index (χ3n) is 2.56. The zero-order valence-corrected chi connectivity index (χ0v) is 10.00. The molecule has 0 N–H and O–H groups in total. The highest BCUT2D eigenvalue weighted by Gasteiger charge is 2.31. The lowest BCUT2D eigenvalue weighted by Crippen LogP contribution is -2.38. The summed E-state index contributed by atoms with van der Waals surface area (Å²) >= 11 is 0. The van der Waals surface area contributed by atoms with Crippen LogP contribution >= 0.6 is 0 Å². The number of hydrogen-bond acceptors (Lipinski definition) is 3. The minimum atomic E-state index is -4.52. The van der Waals surface area contributed by atoms with E-state index in [4.69, 9.17) is 0 Å². The van der Waals surface area contributed by atoms with Crippen LogP contribution < -0.4 is 0 Å². The average Bonchev–Trinajstić information content (AvgIpc) is 2.50. The predicted molar refractivity (Wildman–Crippen MR) is 55.8 cm³/mol. The summed E-state index contributed by atoms with van der Waals surface area (Å²) in [6.07, 6.45) is -4.98. The maximum atomic E-state index is 11.9. The quantitative estimate of drug-likeness (QED) is 0.719. The van der Waals surface area contributed by atoms with Crippen molar-refractivity contribution in [3.05, 3.63) is 0 Å². The Morgan fingerprint density at radius 3 is 2.22 bits per heavy atom. The third-order valence-corrected chi connectivity index (χ3v) is 2.56. The number of carbonyl (C=O) groups is 2. The van der Waals surface area contributed by atoms with Gasteiger partial charge in [-0.2, -0.15) is 13.2 Å². The zero-order chi connectivity index (χ0) is 13.8. The highest BCUT2D eigenvalue weighted by atomic mass is 19.4. The molecule has 0 aliphatic carbocycles. The second-order valence-corrected chi connectivity index (χ2v) is 4.02. The molecule has 5 nitrogen and oxygen atoms in total. The molecule has 0 atom stereocenters. The summed E-state index contributed by atoms with van der Waals surface area (Å²) in [5, 5.41) is 0. The van der Waals surface area contributed by atoms with E-state index in [0.29, 0.717) is 26.1 Å². The SMILES string of the molecule is CC(=O)N1CCCN(C(=O)OCC(F)(F)F)CC1. The van der Waals surface area contributed by atoms with Crippen LogP contribution in [0.2, 0.25) is 0 Å². The van der Waals surface area contributed by atoms with Crippen molar-refractivity contribution in [1.29, 1.82) is 0 Å². The average molecular weight is 268 g/mol. The van der Waals surface area contributed by atoms with E-state index < -0.39 is 18.9 Å². The molecule has 0 aromatic rings. The van der Waals surface area contributed by atoms with Gasteiger partial charge in [0.15, 0.2) is 6.61 Å². The van der Waals surface area contributed by atoms with Gasteiger partial charge in [-0.25, -0.2) is 4.79 Å². The number of nitrogens with zero attached hydrogens (tertiary/aromatic N) is 2. The summed E-state index contributed by atoms with van der Waals surface area (Å²) in [5.41, 5.74) is 0. The zero-order valence-electron chi connectivity index (χ0n) is 10.00. The van der Waals surface area contributed by atoms with E-state index in [1.807, 2.05) is 0 Å². The van der Waals surface area contributed by atoms with E-state index in [0.717, 1.165) is 0 Å². The normalized spacial score (nSPS) is 17.3. The highest BCUT2D eigenvalue weighted by Crippen LogP contribution is 2.15. The lowest BCUT2D eigenvalue weighted by atomic mass is 10.4. The molecule has 0 bridgehead atoms. The number of amides is 2. The minimum absolute atomic E-state index is 0.111. The van der Waals surface area contributed by atoms with Gasteiger partial charge < -0.3 is 14.5 Å². The molecule has 18 heavy (non-hydrogen) atoms. The molecule has 0 radical (unpaired) electrons. The Hall–Kier alpha value is -1.47. The molecule has 0 spiro atoms. The largest absolute Gasteiger partial charge is 0.440 e. The molecular formula is C10H15F3N2O3. The molecule has 0 unspecified atom stereocenters. The summed E-state index contributed by atoms with van der Waals surface area (Å²) in [4.78, 5) is 25.2. The second kappa shape index (κ2) is 5.92. The molecule has 1 heterocycles. The van der Waals surface area contributed by atoms with Crippen LogP contribution in [0.4, 0.5) is 18.0 Å². The molecule has 1 aliphatic heterocycles. The van der Waals surface area contributed by atoms with E-state index in [1.165, 1.54) is 11.8 Å². The summed E-state index contributed by atoms with van der Waals surface area (Å²) in [5.74, 6) is -0.111. The number of alkyl halides is 3. The van der Waals surface area contributed by atoms with Crippen LogP contribution in [0.1, 0.15) is 13.3 Å². The van der Waals surface area contributed by atoms with Crippen LogP contribution in [-0.4, -0.2) is 60.8 Å². The maximum Gasteiger partial charge on any atom is 0.422 e. The fraction of sp³-hybridized carbons (Fsp3) is 0.800. The van der Waals surface area contributed by atoms with Crippen molar-refractivity contribution >= 4 is 12.0 Å². The van der Waals surface area contributed by atoms with Crippen molar-refractivity contribution in [2.45, 2.75) is 19.5 Å². The Balaban J connectivity index is 2.43. The molecule has 0 aromatic heterocycles. The van der Waals surface area contributed by atoms with Crippen LogP contribution in [0, 0.1) is 0 Å². The number of halogens is 3. The van der Waals surface area contributed by atoms with E-state index in [-0.39, 0.29) is 12.5 Å². The van der Waals surface area contributed by atoms with Crippen molar-refractivity contribution in [2.75, 3.05) is 32.8 Å². The first-order chi connectivity index (χ1) is 8.29. The molecule has 0 saturated carbocycles. The van der Waals surface area contributed by atoms with Crippen LogP contribution in [0.15, 0.2) is 0 Å². The standard InChI is InChI=1S/C10H15F3N2O3/c1-8(16)14-3-2-4-15(6-5-14)9(17)18-7-10(11,12)13/h2-7H2,1H3. The first-order valence-electron chi connectivity index (χ1n) is 5.53. The number of hydrogen-bond donors (Lipinski definition) is 0. The second-order valence-electron chi connectivity index (χ2n) is 4.02. The Morgan fingerprint density at radius 2 is 1.67 bits per heavy atom. The molecule has 8 heteroatoms. The fourth-order valence-corrected chi connectivity index (χ4v) is 1.65. The van der Waals surface area contributed by atoms with Crippen molar-refractivity contribution in [3.63, 3.8) is 0 Å². The molecule has 1 aliphatic rings. The summed E-state index contributed by atoms with van der Waals surface area (Å²) in [6, 6.07) is 0. The number of ether oxygens (including phenoxy) is 1. The Labute approximate surface area is 102 Å². The first kappa shape index (κ1) is 14.6. The van der Waals surface area contributed by atoms with Crippen LogP contribution in [-0.2, 0) is 9.53 Å². The van der Waals surface area contributed by atoms with Gasteiger partial charge in [-0.05, 0) is 6.42 Å². The number of carbonyl (C=O) groups excluding carboxylic acids is 2. The molecule has 1 rings (SSSR count). The highest BCUT2D eigenvalue weighted by molar-refractivity contribution is 5.73. The van der Waals surface area contributed by atoms with Gasteiger partial charge in [0, 0.05) is 33.1 Å². The topological polar surface area (TPSA) is 49.9 Å². The van der Waals surface area contributed by atoms with Crippen molar-refractivity contribution in [3.8, 4) is 0 Å². The Kier molecular flexibility index (Phi) is 4.80. The summed E-state index contributed by atoms with van der Waals surface area (Å²) in [6.45, 7) is 1.13. The Morgan fingerprint density at radius 1 is 1.11 bits per heavy atom. The molecule has 2 amide bonds. The van der Waals surface area contributed by atoms with Crippen molar-refractivity contribution in [2.24, 2.45) is 0 Å². The van der Waals surface area contributed by atoms with Gasteiger partial charge >= 0.3 is 12.3 Å². The van der Waals surface area contributed by atoms with Crippen LogP contribution in [0.25, 0.3) is 0 Å². The van der Waals surface area contributed by atoms with Gasteiger partial charge in [0.1, 0.15) is 0 Å². The van der Waals surface area contributed by atoms with Crippen LogP contribution in [0.5, 0.6) is 0 Å². The van der Waals surface area contributed by atoms with E-state index in [9.17, 15) is 22.8 Å². The molecular weight excluding hydrogens is 253 g/mol. The Bertz CT molecular complexity index is 320. The minimum Gasteiger partial charge on any atom is -0.440 e. The number of rotatable bonds is 1. The van der Waals surface area contributed by atoms with Gasteiger partial charge in [-0.1, -0.05) is 0 Å². The molecule has 104 valence electrons. The smallest absolute Gasteiger partial charge is 0.422 e. The van der Waals surface area contributed by atoms with E-state index in [2.05, 4.69) is 4.74 Å². The first-order valence-corrected chi connectivity index (χ1v) is 5.53. The fourth-order valence-electron chi connectivity index (χ4n) is 1.65. The molecule has 0 aromatic carbocycles. The van der Waals surface area contributed by atoms with Crippen molar-refractivity contribution in [1.82, 2.24) is 9.80 Å².